The highest BCUT2D eigenvalue weighted by Gasteiger charge is 2.46. The Bertz CT molecular complexity index is 1830. The van der Waals surface area contributed by atoms with Gasteiger partial charge in [-0.05, 0) is 71.2 Å². The fourth-order valence-electron chi connectivity index (χ4n) is 6.62. The van der Waals surface area contributed by atoms with Crippen LogP contribution in [0.15, 0.2) is 72.8 Å². The summed E-state index contributed by atoms with van der Waals surface area (Å²) in [6.45, 7) is 9.89. The van der Waals surface area contributed by atoms with Gasteiger partial charge in [-0.15, -0.1) is 5.06 Å². The molecule has 290 valence electrons. The molecule has 2 aliphatic heterocycles. The van der Waals surface area contributed by atoms with Gasteiger partial charge in [-0.2, -0.15) is 13.2 Å². The van der Waals surface area contributed by atoms with E-state index < -0.39 is 58.2 Å². The van der Waals surface area contributed by atoms with Crippen LogP contribution in [0.4, 0.5) is 23.7 Å². The molecule has 0 bridgehead atoms. The van der Waals surface area contributed by atoms with Crippen molar-refractivity contribution in [2.75, 3.05) is 37.6 Å². The topological polar surface area (TPSA) is 118 Å². The molecule has 2 unspecified atom stereocenters. The van der Waals surface area contributed by atoms with E-state index in [4.69, 9.17) is 14.3 Å². The molecule has 1 N–H and O–H groups in total. The Labute approximate surface area is 313 Å². The molecule has 0 spiro atoms. The maximum Gasteiger partial charge on any atom is 0.417 e. The molecule has 0 aromatic heterocycles. The minimum atomic E-state index is -4.97. The number of likely N-dealkylation sites (N-methyl/N-ethyl adjacent to an activating group) is 1. The van der Waals surface area contributed by atoms with Gasteiger partial charge in [-0.3, -0.25) is 9.59 Å². The summed E-state index contributed by atoms with van der Waals surface area (Å²) >= 11 is 0. The third-order valence-electron chi connectivity index (χ3n) is 9.47. The summed E-state index contributed by atoms with van der Waals surface area (Å²) in [5, 5.41) is 4.05. The van der Waals surface area contributed by atoms with Crippen LogP contribution in [0.5, 0.6) is 5.75 Å². The quantitative estimate of drug-likeness (QED) is 0.236. The minimum absolute atomic E-state index is 0.0154. The van der Waals surface area contributed by atoms with Gasteiger partial charge in [-0.25, -0.2) is 9.59 Å². The molecule has 3 amide bonds. The number of carbonyl (C=O) groups is 4. The molecule has 5 rings (SSSR count). The highest BCUT2D eigenvalue weighted by Crippen LogP contribution is 2.45. The Morgan fingerprint density at radius 3 is 2.26 bits per heavy atom. The number of hydrogen-bond acceptors (Lipinski definition) is 8. The zero-order chi connectivity index (χ0) is 39.4. The number of rotatable bonds is 10. The largest absolute Gasteiger partial charge is 0.476 e. The number of hydroxylamine groups is 2. The smallest absolute Gasteiger partial charge is 0.417 e. The van der Waals surface area contributed by atoms with Crippen LogP contribution in [-0.4, -0.2) is 78.2 Å². The Kier molecular flexibility index (Phi) is 11.9. The summed E-state index contributed by atoms with van der Waals surface area (Å²) in [7, 11) is 0. The molecule has 14 heteroatoms. The lowest BCUT2D eigenvalue weighted by molar-refractivity contribution is -0.208. The van der Waals surface area contributed by atoms with Crippen molar-refractivity contribution >= 4 is 29.6 Å². The van der Waals surface area contributed by atoms with Gasteiger partial charge in [0.1, 0.15) is 12.4 Å². The number of amides is 3. The van der Waals surface area contributed by atoms with E-state index in [9.17, 15) is 32.3 Å². The van der Waals surface area contributed by atoms with Crippen LogP contribution in [0.25, 0.3) is 0 Å². The molecule has 0 saturated carbocycles. The van der Waals surface area contributed by atoms with Crippen molar-refractivity contribution < 1.29 is 46.7 Å². The summed E-state index contributed by atoms with van der Waals surface area (Å²) in [5.74, 6) is -2.50. The maximum absolute atomic E-state index is 14.9. The summed E-state index contributed by atoms with van der Waals surface area (Å²) in [6.07, 6.45) is -5.26. The van der Waals surface area contributed by atoms with E-state index in [0.29, 0.717) is 13.0 Å². The highest BCUT2D eigenvalue weighted by molar-refractivity contribution is 6.05. The molecule has 3 aromatic carbocycles. The van der Waals surface area contributed by atoms with E-state index >= 15 is 0 Å². The maximum atomic E-state index is 14.9. The molecular formula is C40H47F3N4O7. The molecule has 54 heavy (non-hydrogen) atoms. The van der Waals surface area contributed by atoms with Crippen LogP contribution in [0.2, 0.25) is 0 Å². The molecule has 0 aliphatic carbocycles. The van der Waals surface area contributed by atoms with Crippen molar-refractivity contribution in [3.05, 3.63) is 95.1 Å². The van der Waals surface area contributed by atoms with Crippen LogP contribution in [0.3, 0.4) is 0 Å². The molecule has 2 aliphatic rings. The number of ether oxygens (including phenoxy) is 2. The number of fused-ring (bicyclic) bond motifs is 1. The van der Waals surface area contributed by atoms with Crippen molar-refractivity contribution in [2.24, 2.45) is 5.41 Å². The standard InChI is InChI=1S/C40H47F3N4O7/c1-7-46(32-24-45(54-36(50)38(2,3)4)20-18-28(32)27-16-12-9-13-17-27)34(48)29-22-31-33(23-30(29)40(41,42)43)53-39(5,6)35(49)47(31)21-19-44-37(51)52-25-26-14-10-8-11-15-26/h8-17,22-23,28,32H,7,18-21,24-25H2,1-6H3,(H,44,51). The second kappa shape index (κ2) is 16.1. The molecule has 1 fully saturated rings. The Hall–Kier alpha value is -5.11. The number of piperidine rings is 1. The molecule has 1 saturated heterocycles. The number of benzene rings is 3. The first kappa shape index (κ1) is 40.1. The third-order valence-corrected chi connectivity index (χ3v) is 9.47. The molecule has 2 atom stereocenters. The fourth-order valence-corrected chi connectivity index (χ4v) is 6.62. The average molecular weight is 753 g/mol. The summed E-state index contributed by atoms with van der Waals surface area (Å²) in [5.41, 5.74) is -2.64. The van der Waals surface area contributed by atoms with Crippen molar-refractivity contribution in [3.63, 3.8) is 0 Å². The number of nitrogens with zero attached hydrogens (tertiary/aromatic N) is 3. The monoisotopic (exact) mass is 752 g/mol. The number of halogens is 3. The predicted octanol–water partition coefficient (Wildman–Crippen LogP) is 6.96. The molecular weight excluding hydrogens is 705 g/mol. The zero-order valence-electron chi connectivity index (χ0n) is 31.4. The van der Waals surface area contributed by atoms with Crippen molar-refractivity contribution in [1.29, 1.82) is 0 Å². The van der Waals surface area contributed by atoms with E-state index in [-0.39, 0.29) is 50.1 Å². The molecule has 3 aromatic rings. The number of hydrogen-bond donors (Lipinski definition) is 1. The van der Waals surface area contributed by atoms with Crippen molar-refractivity contribution in [3.8, 4) is 5.75 Å². The first-order chi connectivity index (χ1) is 25.4. The van der Waals surface area contributed by atoms with Gasteiger partial charge in [-0.1, -0.05) is 60.7 Å². The SMILES string of the molecule is CCN(C(=O)c1cc2c(cc1C(F)(F)F)OC(C)(C)C(=O)N2CCNC(=O)OCc1ccccc1)C1CN(OC(=O)C(C)(C)C)CCC1c1ccccc1. The van der Waals surface area contributed by atoms with E-state index in [1.54, 1.807) is 52.0 Å². The number of carbonyl (C=O) groups excluding carboxylic acids is 4. The van der Waals surface area contributed by atoms with E-state index in [2.05, 4.69) is 5.32 Å². The normalized spacial score (nSPS) is 18.6. The number of alkyl halides is 3. The van der Waals surface area contributed by atoms with E-state index in [0.717, 1.165) is 23.3 Å². The number of nitrogens with one attached hydrogen (secondary N) is 1. The van der Waals surface area contributed by atoms with Gasteiger partial charge in [0.2, 0.25) is 0 Å². The van der Waals surface area contributed by atoms with Crippen LogP contribution in [-0.2, 0) is 31.9 Å². The lowest BCUT2D eigenvalue weighted by Gasteiger charge is -2.44. The minimum Gasteiger partial charge on any atom is -0.476 e. The van der Waals surface area contributed by atoms with Gasteiger partial charge < -0.3 is 29.4 Å². The Morgan fingerprint density at radius 1 is 1.00 bits per heavy atom. The second-order valence-corrected chi connectivity index (χ2v) is 14.9. The molecule has 0 radical (unpaired) electrons. The van der Waals surface area contributed by atoms with Gasteiger partial charge in [0.05, 0.1) is 34.8 Å². The van der Waals surface area contributed by atoms with Gasteiger partial charge in [0.25, 0.3) is 11.8 Å². The lowest BCUT2D eigenvalue weighted by atomic mass is 9.84. The Balaban J connectivity index is 1.47. The average Bonchev–Trinajstić information content (AvgIpc) is 3.12. The Morgan fingerprint density at radius 2 is 1.65 bits per heavy atom. The number of anilines is 1. The third kappa shape index (κ3) is 9.15. The fraction of sp³-hybridized carbons (Fsp3) is 0.450. The van der Waals surface area contributed by atoms with Crippen LogP contribution in [0, 0.1) is 5.41 Å². The van der Waals surface area contributed by atoms with Gasteiger partial charge in [0.15, 0.2) is 5.60 Å². The van der Waals surface area contributed by atoms with Crippen LogP contribution < -0.4 is 15.0 Å². The summed E-state index contributed by atoms with van der Waals surface area (Å²) in [4.78, 5) is 61.9. The van der Waals surface area contributed by atoms with Gasteiger partial charge >= 0.3 is 18.2 Å². The van der Waals surface area contributed by atoms with Gasteiger partial charge in [0, 0.05) is 32.1 Å². The predicted molar refractivity (Wildman–Crippen MR) is 195 cm³/mol. The molecule has 11 nitrogen and oxygen atoms in total. The first-order valence-corrected chi connectivity index (χ1v) is 17.9. The lowest BCUT2D eigenvalue weighted by Crippen LogP contribution is -2.55. The number of alkyl carbamates (subject to hydrolysis) is 1. The first-order valence-electron chi connectivity index (χ1n) is 17.9. The zero-order valence-corrected chi connectivity index (χ0v) is 31.4. The second-order valence-electron chi connectivity index (χ2n) is 14.9. The molecule has 2 heterocycles. The van der Waals surface area contributed by atoms with Crippen molar-refractivity contribution in [2.45, 2.75) is 78.3 Å². The van der Waals surface area contributed by atoms with E-state index in [1.165, 1.54) is 28.7 Å². The van der Waals surface area contributed by atoms with Crippen LogP contribution >= 0.6 is 0 Å². The van der Waals surface area contributed by atoms with Crippen molar-refractivity contribution in [1.82, 2.24) is 15.3 Å². The van der Waals surface area contributed by atoms with E-state index in [1.807, 2.05) is 36.4 Å². The highest BCUT2D eigenvalue weighted by atomic mass is 19.4. The summed E-state index contributed by atoms with van der Waals surface area (Å²) < 4.78 is 55.7. The summed E-state index contributed by atoms with van der Waals surface area (Å²) in [6, 6.07) is 19.5. The van der Waals surface area contributed by atoms with Crippen LogP contribution in [0.1, 0.15) is 80.9 Å².